The van der Waals surface area contributed by atoms with Gasteiger partial charge in [0.2, 0.25) is 0 Å². The van der Waals surface area contributed by atoms with Gasteiger partial charge in [0, 0.05) is 25.0 Å². The first kappa shape index (κ1) is 20.9. The lowest BCUT2D eigenvalue weighted by Gasteiger charge is -2.23. The first-order chi connectivity index (χ1) is 14.5. The summed E-state index contributed by atoms with van der Waals surface area (Å²) in [4.78, 5) is 2.12. The molecule has 1 aromatic heterocycles. The lowest BCUT2D eigenvalue weighted by atomic mass is 9.81. The summed E-state index contributed by atoms with van der Waals surface area (Å²) in [5.41, 5.74) is 10.5. The van der Waals surface area contributed by atoms with Crippen LogP contribution in [-0.2, 0) is 24.1 Å². The third-order valence-electron chi connectivity index (χ3n) is 6.33. The molecule has 7 nitrogen and oxygen atoms in total. The highest BCUT2D eigenvalue weighted by atomic mass is 16.5. The van der Waals surface area contributed by atoms with E-state index < -0.39 is 0 Å². The molecule has 0 bridgehead atoms. The molecule has 2 aliphatic rings. The van der Waals surface area contributed by atoms with Crippen LogP contribution >= 0.6 is 0 Å². The van der Waals surface area contributed by atoms with Crippen molar-refractivity contribution in [2.24, 2.45) is 0 Å². The van der Waals surface area contributed by atoms with Gasteiger partial charge in [-0.1, -0.05) is 24.3 Å². The molecule has 3 N–H and O–H groups in total. The number of fused-ring (bicyclic) bond motifs is 1. The van der Waals surface area contributed by atoms with Gasteiger partial charge in [-0.3, -0.25) is 0 Å². The van der Waals surface area contributed by atoms with Crippen LogP contribution in [0.25, 0.3) is 0 Å². The molecule has 30 heavy (non-hydrogen) atoms. The van der Waals surface area contributed by atoms with Crippen LogP contribution in [0.5, 0.6) is 0 Å². The van der Waals surface area contributed by atoms with Crippen molar-refractivity contribution in [1.29, 1.82) is 5.26 Å². The molecule has 3 atom stereocenters. The number of nitrogens with two attached hydrogens (primary N) is 1. The van der Waals surface area contributed by atoms with Gasteiger partial charge in [-0.05, 0) is 50.9 Å². The quantitative estimate of drug-likeness (QED) is 0.727. The molecule has 1 aromatic carbocycles. The summed E-state index contributed by atoms with van der Waals surface area (Å²) in [6.45, 7) is 3.17. The van der Waals surface area contributed by atoms with E-state index >= 15 is 0 Å². The van der Waals surface area contributed by atoms with E-state index in [-0.39, 0.29) is 18.1 Å². The summed E-state index contributed by atoms with van der Waals surface area (Å²) in [6, 6.07) is 11.1. The first-order valence-electron chi connectivity index (χ1n) is 10.9. The van der Waals surface area contributed by atoms with Gasteiger partial charge in [0.15, 0.2) is 0 Å². The molecule has 1 aliphatic heterocycles. The molecule has 160 valence electrons. The van der Waals surface area contributed by atoms with E-state index in [0.29, 0.717) is 17.9 Å². The van der Waals surface area contributed by atoms with Gasteiger partial charge in [0.25, 0.3) is 0 Å². The smallest absolute Gasteiger partial charge is 0.140 e. The summed E-state index contributed by atoms with van der Waals surface area (Å²) >= 11 is 0. The monoisotopic (exact) mass is 408 g/mol. The van der Waals surface area contributed by atoms with Gasteiger partial charge < -0.3 is 20.7 Å². The van der Waals surface area contributed by atoms with Gasteiger partial charge in [-0.15, -0.1) is 0 Å². The van der Waals surface area contributed by atoms with Crippen molar-refractivity contribution in [2.45, 2.75) is 50.3 Å². The number of aryl methyl sites for hydroxylation is 1. The number of nitriles is 1. The van der Waals surface area contributed by atoms with E-state index in [1.54, 1.807) is 0 Å². The zero-order chi connectivity index (χ0) is 21.1. The Morgan fingerprint density at radius 2 is 2.13 bits per heavy atom. The molecular formula is C23H32N6O. The molecule has 1 fully saturated rings. The topological polar surface area (TPSA) is 92.1 Å². The second-order valence-corrected chi connectivity index (χ2v) is 8.78. The maximum Gasteiger partial charge on any atom is 0.140 e. The maximum absolute atomic E-state index is 9.76. The van der Waals surface area contributed by atoms with Crippen molar-refractivity contribution in [3.05, 3.63) is 46.6 Å². The number of hydrogen-bond acceptors (Lipinski definition) is 6. The van der Waals surface area contributed by atoms with Crippen molar-refractivity contribution in [2.75, 3.05) is 39.5 Å². The predicted octanol–water partition coefficient (Wildman–Crippen LogP) is 1.92. The highest BCUT2D eigenvalue weighted by Gasteiger charge is 2.30. The van der Waals surface area contributed by atoms with Crippen LogP contribution in [0.1, 0.15) is 41.1 Å². The van der Waals surface area contributed by atoms with Crippen LogP contribution in [-0.4, -0.2) is 60.6 Å². The average Bonchev–Trinajstić information content (AvgIpc) is 3.31. The predicted molar refractivity (Wildman–Crippen MR) is 117 cm³/mol. The number of nitrogens with zero attached hydrogens (tertiary/aromatic N) is 4. The lowest BCUT2D eigenvalue weighted by Crippen LogP contribution is -2.28. The molecule has 2 heterocycles. The Morgan fingerprint density at radius 1 is 1.33 bits per heavy atom. The summed E-state index contributed by atoms with van der Waals surface area (Å²) in [6.07, 6.45) is 4.10. The Morgan fingerprint density at radius 3 is 2.90 bits per heavy atom. The Balaban J connectivity index is 1.42. The third kappa shape index (κ3) is 4.51. The SMILES string of the molecule is CN(C)CCO[C@H]1CN[C@H](Cn2nc(C3CCc4ccccc4C3)c(C#N)c2N)C1. The number of hydrogen-bond donors (Lipinski definition) is 2. The van der Waals surface area contributed by atoms with Gasteiger partial charge in [-0.2, -0.15) is 10.4 Å². The molecule has 4 rings (SSSR count). The Hall–Kier alpha value is -2.40. The number of benzene rings is 1. The van der Waals surface area contributed by atoms with E-state index in [9.17, 15) is 5.26 Å². The fourth-order valence-corrected chi connectivity index (χ4v) is 4.62. The summed E-state index contributed by atoms with van der Waals surface area (Å²) < 4.78 is 7.80. The van der Waals surface area contributed by atoms with Crippen LogP contribution in [0.2, 0.25) is 0 Å². The van der Waals surface area contributed by atoms with Crippen LogP contribution < -0.4 is 11.1 Å². The largest absolute Gasteiger partial charge is 0.383 e. The molecule has 0 saturated carbocycles. The molecule has 1 saturated heterocycles. The lowest BCUT2D eigenvalue weighted by molar-refractivity contribution is 0.0551. The summed E-state index contributed by atoms with van der Waals surface area (Å²) in [7, 11) is 4.10. The van der Waals surface area contributed by atoms with Crippen molar-refractivity contribution < 1.29 is 4.74 Å². The highest BCUT2D eigenvalue weighted by Crippen LogP contribution is 2.35. The Labute approximate surface area is 178 Å². The third-order valence-corrected chi connectivity index (χ3v) is 6.33. The number of anilines is 1. The first-order valence-corrected chi connectivity index (χ1v) is 10.9. The van der Waals surface area contributed by atoms with E-state index in [0.717, 1.165) is 51.1 Å². The number of nitrogens with one attached hydrogen (secondary N) is 1. The Kier molecular flexibility index (Phi) is 6.38. The minimum absolute atomic E-state index is 0.219. The number of aromatic nitrogens is 2. The van der Waals surface area contributed by atoms with Gasteiger partial charge in [0.1, 0.15) is 17.5 Å². The van der Waals surface area contributed by atoms with Gasteiger partial charge in [0.05, 0.1) is 24.9 Å². The van der Waals surface area contributed by atoms with E-state index in [4.69, 9.17) is 15.6 Å². The second-order valence-electron chi connectivity index (χ2n) is 8.78. The standard InChI is InChI=1S/C23H32N6O/c1-28(2)9-10-30-20-12-19(26-14-20)15-29-23(25)21(13-24)22(27-29)18-8-7-16-5-3-4-6-17(16)11-18/h3-6,18-20,26H,7-12,14-15,25H2,1-2H3/t18?,19-,20+/m0/s1. The van der Waals surface area contributed by atoms with Crippen molar-refractivity contribution in [3.63, 3.8) is 0 Å². The van der Waals surface area contributed by atoms with Crippen LogP contribution in [0.15, 0.2) is 24.3 Å². The van der Waals surface area contributed by atoms with Gasteiger partial charge in [-0.25, -0.2) is 4.68 Å². The molecule has 0 amide bonds. The van der Waals surface area contributed by atoms with E-state index in [1.165, 1.54) is 11.1 Å². The number of likely N-dealkylation sites (N-methyl/N-ethyl adjacent to an activating group) is 1. The maximum atomic E-state index is 9.76. The average molecular weight is 409 g/mol. The molecule has 1 unspecified atom stereocenters. The van der Waals surface area contributed by atoms with Crippen molar-refractivity contribution in [1.82, 2.24) is 20.0 Å². The normalized spacial score (nSPS) is 23.5. The fourth-order valence-electron chi connectivity index (χ4n) is 4.62. The second kappa shape index (κ2) is 9.17. The molecule has 7 heteroatoms. The minimum atomic E-state index is 0.219. The molecular weight excluding hydrogens is 376 g/mol. The molecule has 0 spiro atoms. The van der Waals surface area contributed by atoms with E-state index in [1.807, 2.05) is 4.68 Å². The van der Waals surface area contributed by atoms with Gasteiger partial charge >= 0.3 is 0 Å². The van der Waals surface area contributed by atoms with Crippen molar-refractivity contribution in [3.8, 4) is 6.07 Å². The molecule has 0 radical (unpaired) electrons. The summed E-state index contributed by atoms with van der Waals surface area (Å²) in [5, 5.41) is 18.1. The number of ether oxygens (including phenoxy) is 1. The number of rotatable bonds is 7. The Bertz CT molecular complexity index is 915. The molecule has 2 aromatic rings. The van der Waals surface area contributed by atoms with E-state index in [2.05, 4.69) is 54.6 Å². The highest BCUT2D eigenvalue weighted by molar-refractivity contribution is 5.54. The zero-order valence-electron chi connectivity index (χ0n) is 18.0. The molecule has 1 aliphatic carbocycles. The fraction of sp³-hybridized carbons (Fsp3) is 0.565. The summed E-state index contributed by atoms with van der Waals surface area (Å²) in [5.74, 6) is 0.738. The van der Waals surface area contributed by atoms with Crippen LogP contribution in [0.4, 0.5) is 5.82 Å². The zero-order valence-corrected chi connectivity index (χ0v) is 18.0. The van der Waals surface area contributed by atoms with Crippen LogP contribution in [0.3, 0.4) is 0 Å². The van der Waals surface area contributed by atoms with Crippen molar-refractivity contribution >= 4 is 5.82 Å². The minimum Gasteiger partial charge on any atom is -0.383 e. The van der Waals surface area contributed by atoms with Crippen LogP contribution in [0, 0.1) is 11.3 Å². The number of nitrogen functional groups attached to an aromatic ring is 1.